The Bertz CT molecular complexity index is 534. The second-order valence-electron chi connectivity index (χ2n) is 4.41. The van der Waals surface area contributed by atoms with Gasteiger partial charge in [0.05, 0.1) is 22.4 Å². The summed E-state index contributed by atoms with van der Waals surface area (Å²) < 4.78 is 16.7. The average molecular weight is 326 g/mol. The summed E-state index contributed by atoms with van der Waals surface area (Å²) in [6, 6.07) is 6.64. The van der Waals surface area contributed by atoms with Crippen molar-refractivity contribution < 1.29 is 4.39 Å². The Balaban J connectivity index is 2.45. The van der Waals surface area contributed by atoms with Gasteiger partial charge in [-0.3, -0.25) is 4.68 Å². The van der Waals surface area contributed by atoms with Crippen LogP contribution < -0.4 is 5.32 Å². The first-order valence-electron chi connectivity index (χ1n) is 6.30. The predicted molar refractivity (Wildman–Crippen MR) is 77.4 cm³/mol. The minimum atomic E-state index is -0.206. The molecule has 3 nitrogen and oxygen atoms in total. The number of halogens is 2. The van der Waals surface area contributed by atoms with Gasteiger partial charge in [0.25, 0.3) is 0 Å². The SMILES string of the molecule is CCCNC(c1ccccc1F)c1c(Br)cnn1C. The highest BCUT2D eigenvalue weighted by molar-refractivity contribution is 9.10. The van der Waals surface area contributed by atoms with Crippen LogP contribution in [0, 0.1) is 5.82 Å². The molecule has 0 spiro atoms. The van der Waals surface area contributed by atoms with Gasteiger partial charge in [0, 0.05) is 12.6 Å². The monoisotopic (exact) mass is 325 g/mol. The molecule has 0 aliphatic heterocycles. The zero-order valence-electron chi connectivity index (χ0n) is 11.0. The molecule has 1 aromatic carbocycles. The molecule has 0 saturated carbocycles. The van der Waals surface area contributed by atoms with Crippen LogP contribution >= 0.6 is 15.9 Å². The second kappa shape index (κ2) is 6.30. The molecule has 2 aromatic rings. The molecule has 5 heteroatoms. The molecule has 1 unspecified atom stereocenters. The standard InChI is InChI=1S/C14H17BrFN3/c1-3-8-17-13(10-6-4-5-7-12(10)16)14-11(15)9-18-19(14)2/h4-7,9,13,17H,3,8H2,1-2H3. The van der Waals surface area contributed by atoms with Crippen LogP contribution in [0.4, 0.5) is 4.39 Å². The summed E-state index contributed by atoms with van der Waals surface area (Å²) in [7, 11) is 1.86. The summed E-state index contributed by atoms with van der Waals surface area (Å²) in [5.41, 5.74) is 1.57. The van der Waals surface area contributed by atoms with Crippen molar-refractivity contribution in [2.75, 3.05) is 6.54 Å². The lowest BCUT2D eigenvalue weighted by Gasteiger charge is -2.20. The number of hydrogen-bond donors (Lipinski definition) is 1. The minimum Gasteiger partial charge on any atom is -0.305 e. The Morgan fingerprint density at radius 2 is 2.16 bits per heavy atom. The number of nitrogens with zero attached hydrogens (tertiary/aromatic N) is 2. The summed E-state index contributed by atoms with van der Waals surface area (Å²) in [4.78, 5) is 0. The zero-order chi connectivity index (χ0) is 13.8. The maximum atomic E-state index is 14.0. The Kier molecular flexibility index (Phi) is 4.71. The van der Waals surface area contributed by atoms with Gasteiger partial charge in [0.15, 0.2) is 0 Å². The number of hydrogen-bond acceptors (Lipinski definition) is 2. The molecule has 0 fully saturated rings. The van der Waals surface area contributed by atoms with E-state index in [9.17, 15) is 4.39 Å². The van der Waals surface area contributed by atoms with Gasteiger partial charge >= 0.3 is 0 Å². The third-order valence-corrected chi connectivity index (χ3v) is 3.64. The van der Waals surface area contributed by atoms with Crippen LogP contribution in [0.15, 0.2) is 34.9 Å². The van der Waals surface area contributed by atoms with Crippen molar-refractivity contribution in [1.29, 1.82) is 0 Å². The number of nitrogens with one attached hydrogen (secondary N) is 1. The van der Waals surface area contributed by atoms with Gasteiger partial charge in [-0.25, -0.2) is 4.39 Å². The van der Waals surface area contributed by atoms with Crippen molar-refractivity contribution in [3.05, 3.63) is 52.0 Å². The summed E-state index contributed by atoms with van der Waals surface area (Å²) in [5, 5.41) is 7.59. The molecular weight excluding hydrogens is 309 g/mol. The molecule has 1 heterocycles. The fourth-order valence-electron chi connectivity index (χ4n) is 2.10. The van der Waals surface area contributed by atoms with Crippen molar-refractivity contribution in [1.82, 2.24) is 15.1 Å². The third-order valence-electron chi connectivity index (χ3n) is 3.03. The maximum Gasteiger partial charge on any atom is 0.128 e. The van der Waals surface area contributed by atoms with Crippen LogP contribution in [-0.2, 0) is 7.05 Å². The van der Waals surface area contributed by atoms with E-state index in [4.69, 9.17) is 0 Å². The average Bonchev–Trinajstić information content (AvgIpc) is 2.73. The van der Waals surface area contributed by atoms with E-state index in [1.165, 1.54) is 6.07 Å². The Morgan fingerprint density at radius 3 is 2.74 bits per heavy atom. The van der Waals surface area contributed by atoms with Crippen LogP contribution in [0.1, 0.15) is 30.6 Å². The van der Waals surface area contributed by atoms with E-state index in [0.29, 0.717) is 5.56 Å². The molecule has 1 aromatic heterocycles. The Hall–Kier alpha value is -1.20. The molecule has 19 heavy (non-hydrogen) atoms. The molecule has 0 saturated heterocycles. The van der Waals surface area contributed by atoms with Crippen LogP contribution in [-0.4, -0.2) is 16.3 Å². The summed E-state index contributed by atoms with van der Waals surface area (Å²) >= 11 is 3.49. The smallest absolute Gasteiger partial charge is 0.128 e. The van der Waals surface area contributed by atoms with E-state index in [2.05, 4.69) is 33.3 Å². The van der Waals surface area contributed by atoms with Gasteiger partial charge in [-0.1, -0.05) is 25.1 Å². The van der Waals surface area contributed by atoms with E-state index in [1.807, 2.05) is 19.2 Å². The molecule has 1 atom stereocenters. The molecule has 1 N–H and O–H groups in total. The third kappa shape index (κ3) is 3.04. The highest BCUT2D eigenvalue weighted by Gasteiger charge is 2.22. The van der Waals surface area contributed by atoms with E-state index < -0.39 is 0 Å². The van der Waals surface area contributed by atoms with Gasteiger partial charge in [-0.05, 0) is 35.0 Å². The summed E-state index contributed by atoms with van der Waals surface area (Å²) in [6.07, 6.45) is 2.72. The predicted octanol–water partition coefficient (Wildman–Crippen LogP) is 3.41. The Labute approximate surface area is 121 Å². The van der Waals surface area contributed by atoms with E-state index >= 15 is 0 Å². The van der Waals surface area contributed by atoms with Gasteiger partial charge in [0.1, 0.15) is 5.82 Å². The van der Waals surface area contributed by atoms with Crippen LogP contribution in [0.3, 0.4) is 0 Å². The lowest BCUT2D eigenvalue weighted by atomic mass is 10.0. The quantitative estimate of drug-likeness (QED) is 0.912. The topological polar surface area (TPSA) is 29.9 Å². The zero-order valence-corrected chi connectivity index (χ0v) is 12.6. The van der Waals surface area contributed by atoms with E-state index in [0.717, 1.165) is 23.1 Å². The fraction of sp³-hybridized carbons (Fsp3) is 0.357. The number of benzene rings is 1. The Morgan fingerprint density at radius 1 is 1.42 bits per heavy atom. The van der Waals surface area contributed by atoms with Gasteiger partial charge in [0.2, 0.25) is 0 Å². The number of aromatic nitrogens is 2. The van der Waals surface area contributed by atoms with Crippen molar-refractivity contribution in [3.8, 4) is 0 Å². The van der Waals surface area contributed by atoms with E-state index in [1.54, 1.807) is 16.9 Å². The first-order chi connectivity index (χ1) is 9.15. The molecule has 0 amide bonds. The van der Waals surface area contributed by atoms with Gasteiger partial charge in [-0.15, -0.1) is 0 Å². The lowest BCUT2D eigenvalue weighted by Crippen LogP contribution is -2.26. The van der Waals surface area contributed by atoms with Crippen molar-refractivity contribution >= 4 is 15.9 Å². The van der Waals surface area contributed by atoms with Crippen molar-refractivity contribution in [2.24, 2.45) is 7.05 Å². The van der Waals surface area contributed by atoms with E-state index in [-0.39, 0.29) is 11.9 Å². The normalized spacial score (nSPS) is 12.6. The summed E-state index contributed by atoms with van der Waals surface area (Å²) in [6.45, 7) is 2.90. The van der Waals surface area contributed by atoms with Crippen LogP contribution in [0.25, 0.3) is 0 Å². The highest BCUT2D eigenvalue weighted by atomic mass is 79.9. The number of aryl methyl sites for hydroxylation is 1. The number of rotatable bonds is 5. The van der Waals surface area contributed by atoms with Crippen molar-refractivity contribution in [2.45, 2.75) is 19.4 Å². The molecule has 0 bridgehead atoms. The second-order valence-corrected chi connectivity index (χ2v) is 5.26. The van der Waals surface area contributed by atoms with Crippen LogP contribution in [0.5, 0.6) is 0 Å². The van der Waals surface area contributed by atoms with Gasteiger partial charge in [-0.2, -0.15) is 5.10 Å². The molecule has 2 rings (SSSR count). The van der Waals surface area contributed by atoms with Crippen LogP contribution in [0.2, 0.25) is 0 Å². The molecule has 0 aliphatic rings. The highest BCUT2D eigenvalue weighted by Crippen LogP contribution is 2.29. The minimum absolute atomic E-state index is 0.204. The lowest BCUT2D eigenvalue weighted by molar-refractivity contribution is 0.519. The van der Waals surface area contributed by atoms with Gasteiger partial charge < -0.3 is 5.32 Å². The van der Waals surface area contributed by atoms with Crippen molar-refractivity contribution in [3.63, 3.8) is 0 Å². The first-order valence-corrected chi connectivity index (χ1v) is 7.09. The maximum absolute atomic E-state index is 14.0. The fourth-order valence-corrected chi connectivity index (χ4v) is 2.67. The molecular formula is C14H17BrFN3. The molecule has 0 aliphatic carbocycles. The molecule has 0 radical (unpaired) electrons. The summed E-state index contributed by atoms with van der Waals surface area (Å²) in [5.74, 6) is -0.204. The molecule has 102 valence electrons. The first kappa shape index (κ1) is 14.2. The largest absolute Gasteiger partial charge is 0.305 e.